The van der Waals surface area contributed by atoms with Crippen molar-refractivity contribution < 1.29 is 24.2 Å². The lowest BCUT2D eigenvalue weighted by Crippen LogP contribution is -2.28. The molecular weight excluding hydrogens is 861 g/mol. The molecule has 404 valence electrons. The number of hydrogen-bond donors (Lipinski definition) is 1. The number of esters is 2. The molecule has 0 heterocycles. The lowest BCUT2D eigenvalue weighted by Gasteiger charge is -2.15. The van der Waals surface area contributed by atoms with Crippen LogP contribution in [0.1, 0.15) is 296 Å². The second kappa shape index (κ2) is 60.4. The van der Waals surface area contributed by atoms with Gasteiger partial charge in [-0.3, -0.25) is 9.59 Å². The maximum absolute atomic E-state index is 12.3. The maximum atomic E-state index is 12.3. The SMILES string of the molecule is CC/C=C\C/C=C\C/C=C\C/C=C\C/C=C\C/C=C\C/C=C\CCCC(=O)OC(CO)COC(=O)CCCCCCCCCCCCCCCCCCCCCCCCCCCCCCCCCCC. The van der Waals surface area contributed by atoms with Gasteiger partial charge in [0, 0.05) is 12.8 Å². The fraction of sp³-hybridized carbons (Fsp3) is 0.754. The number of ether oxygens (including phenoxy) is 2. The molecule has 5 nitrogen and oxygen atoms in total. The van der Waals surface area contributed by atoms with Crippen molar-refractivity contribution in [2.75, 3.05) is 13.2 Å². The minimum absolute atomic E-state index is 0.0907. The Morgan fingerprint density at radius 2 is 0.614 bits per heavy atom. The van der Waals surface area contributed by atoms with Gasteiger partial charge in [0.2, 0.25) is 0 Å². The number of aliphatic hydroxyl groups is 1. The van der Waals surface area contributed by atoms with Crippen LogP contribution in [0.5, 0.6) is 0 Å². The zero-order valence-corrected chi connectivity index (χ0v) is 46.3. The highest BCUT2D eigenvalue weighted by atomic mass is 16.6. The molecule has 0 radical (unpaired) electrons. The van der Waals surface area contributed by atoms with Gasteiger partial charge in [-0.25, -0.2) is 0 Å². The standard InChI is InChI=1S/C65H114O5/c1-3-5-7-9-11-13-15-17-19-21-23-25-27-28-29-30-31-32-33-34-35-36-38-39-41-43-45-47-49-51-53-55-57-59-64(67)69-62-63(61-66)70-65(68)60-58-56-54-52-50-48-46-44-42-40-37-26-24-22-20-18-16-14-12-10-8-6-4-2/h6,8,12,14,18,20,24,26,40,42,46,48,52,54,63,66H,3-5,7,9-11,13,15-17,19,21-23,25,27-39,41,43-45,47,49-51,53,55-62H2,1-2H3/b8-6-,14-12-,20-18-,26-24-,42-40-,48-46-,54-52-. The Labute approximate surface area is 435 Å². The molecule has 0 amide bonds. The molecule has 5 heteroatoms. The fourth-order valence-electron chi connectivity index (χ4n) is 8.72. The van der Waals surface area contributed by atoms with E-state index in [0.717, 1.165) is 70.6 Å². The van der Waals surface area contributed by atoms with Gasteiger partial charge in [-0.1, -0.05) is 304 Å². The predicted octanol–water partition coefficient (Wildman–Crippen LogP) is 20.5. The van der Waals surface area contributed by atoms with Crippen LogP contribution in [0, 0.1) is 0 Å². The molecule has 0 bridgehead atoms. The van der Waals surface area contributed by atoms with E-state index >= 15 is 0 Å². The average Bonchev–Trinajstić information content (AvgIpc) is 3.36. The summed E-state index contributed by atoms with van der Waals surface area (Å²) in [5.74, 6) is -0.654. The number of hydrogen-bond acceptors (Lipinski definition) is 5. The summed E-state index contributed by atoms with van der Waals surface area (Å²) in [5.41, 5.74) is 0. The molecule has 0 saturated carbocycles. The van der Waals surface area contributed by atoms with Crippen LogP contribution in [0.25, 0.3) is 0 Å². The first kappa shape index (κ1) is 67.1. The lowest BCUT2D eigenvalue weighted by molar-refractivity contribution is -0.161. The van der Waals surface area contributed by atoms with Gasteiger partial charge in [-0.05, 0) is 64.2 Å². The Kier molecular flexibility index (Phi) is 57.9. The molecule has 0 spiro atoms. The first-order valence-corrected chi connectivity index (χ1v) is 30.1. The van der Waals surface area contributed by atoms with Crippen LogP contribution in [0.3, 0.4) is 0 Å². The fourth-order valence-corrected chi connectivity index (χ4v) is 8.72. The Bertz CT molecular complexity index is 1290. The first-order valence-electron chi connectivity index (χ1n) is 30.1. The third kappa shape index (κ3) is 57.7. The van der Waals surface area contributed by atoms with E-state index in [1.807, 2.05) is 0 Å². The van der Waals surface area contributed by atoms with Crippen molar-refractivity contribution in [2.45, 2.75) is 302 Å². The van der Waals surface area contributed by atoms with E-state index in [1.165, 1.54) is 193 Å². The van der Waals surface area contributed by atoms with Crippen LogP contribution >= 0.6 is 0 Å². The van der Waals surface area contributed by atoms with Crippen molar-refractivity contribution in [3.63, 3.8) is 0 Å². The van der Waals surface area contributed by atoms with Crippen molar-refractivity contribution in [3.05, 3.63) is 85.1 Å². The van der Waals surface area contributed by atoms with E-state index in [2.05, 4.69) is 98.9 Å². The van der Waals surface area contributed by atoms with Crippen molar-refractivity contribution in [3.8, 4) is 0 Å². The molecule has 0 aromatic rings. The summed E-state index contributed by atoms with van der Waals surface area (Å²) in [6.07, 6.45) is 84.5. The first-order chi connectivity index (χ1) is 34.6. The minimum Gasteiger partial charge on any atom is -0.462 e. The summed E-state index contributed by atoms with van der Waals surface area (Å²) >= 11 is 0. The molecular formula is C65H114O5. The van der Waals surface area contributed by atoms with Crippen LogP contribution in [-0.2, 0) is 19.1 Å². The number of carbonyl (C=O) groups excluding carboxylic acids is 2. The predicted molar refractivity (Wildman–Crippen MR) is 306 cm³/mol. The number of carbonyl (C=O) groups is 2. The monoisotopic (exact) mass is 975 g/mol. The Balaban J connectivity index is 3.50. The molecule has 1 N–H and O–H groups in total. The highest BCUT2D eigenvalue weighted by Gasteiger charge is 2.16. The molecule has 0 aliphatic carbocycles. The Morgan fingerprint density at radius 1 is 0.343 bits per heavy atom. The van der Waals surface area contributed by atoms with Crippen molar-refractivity contribution in [2.24, 2.45) is 0 Å². The van der Waals surface area contributed by atoms with Gasteiger partial charge < -0.3 is 14.6 Å². The Hall–Kier alpha value is -2.92. The van der Waals surface area contributed by atoms with Gasteiger partial charge in [0.25, 0.3) is 0 Å². The molecule has 0 aliphatic rings. The van der Waals surface area contributed by atoms with E-state index in [4.69, 9.17) is 9.47 Å². The number of allylic oxidation sites excluding steroid dienone is 14. The van der Waals surface area contributed by atoms with Gasteiger partial charge in [-0.2, -0.15) is 0 Å². The van der Waals surface area contributed by atoms with Crippen molar-refractivity contribution >= 4 is 11.9 Å². The summed E-state index contributed by atoms with van der Waals surface area (Å²) in [6.45, 7) is 4.01. The summed E-state index contributed by atoms with van der Waals surface area (Å²) in [4.78, 5) is 24.5. The molecule has 0 aliphatic heterocycles. The van der Waals surface area contributed by atoms with Gasteiger partial charge in [0.1, 0.15) is 6.61 Å². The van der Waals surface area contributed by atoms with Gasteiger partial charge >= 0.3 is 11.9 Å². The molecule has 1 atom stereocenters. The third-order valence-electron chi connectivity index (χ3n) is 13.2. The highest BCUT2D eigenvalue weighted by molar-refractivity contribution is 5.70. The quantitative estimate of drug-likeness (QED) is 0.0373. The zero-order valence-electron chi connectivity index (χ0n) is 46.3. The summed E-state index contributed by atoms with van der Waals surface area (Å²) in [6, 6.07) is 0. The van der Waals surface area contributed by atoms with Crippen molar-refractivity contribution in [1.82, 2.24) is 0 Å². The summed E-state index contributed by atoms with van der Waals surface area (Å²) < 4.78 is 10.7. The summed E-state index contributed by atoms with van der Waals surface area (Å²) in [5, 5.41) is 9.65. The second-order valence-electron chi connectivity index (χ2n) is 20.1. The van der Waals surface area contributed by atoms with E-state index in [9.17, 15) is 14.7 Å². The molecule has 1 unspecified atom stereocenters. The van der Waals surface area contributed by atoms with E-state index in [-0.39, 0.29) is 31.6 Å². The zero-order chi connectivity index (χ0) is 50.6. The number of unbranched alkanes of at least 4 members (excludes halogenated alkanes) is 33. The van der Waals surface area contributed by atoms with Gasteiger partial charge in [-0.15, -0.1) is 0 Å². The van der Waals surface area contributed by atoms with Crippen LogP contribution in [0.4, 0.5) is 0 Å². The van der Waals surface area contributed by atoms with Crippen LogP contribution in [0.15, 0.2) is 85.1 Å². The molecule has 0 aromatic carbocycles. The topological polar surface area (TPSA) is 72.8 Å². The molecule has 0 fully saturated rings. The van der Waals surface area contributed by atoms with Crippen LogP contribution in [-0.4, -0.2) is 36.4 Å². The number of rotatable bonds is 55. The second-order valence-corrected chi connectivity index (χ2v) is 20.1. The number of aliphatic hydroxyl groups excluding tert-OH is 1. The molecule has 0 aromatic heterocycles. The molecule has 70 heavy (non-hydrogen) atoms. The normalized spacial score (nSPS) is 12.8. The third-order valence-corrected chi connectivity index (χ3v) is 13.2. The van der Waals surface area contributed by atoms with Gasteiger partial charge in [0.05, 0.1) is 6.61 Å². The van der Waals surface area contributed by atoms with E-state index in [0.29, 0.717) is 12.8 Å². The highest BCUT2D eigenvalue weighted by Crippen LogP contribution is 2.17. The van der Waals surface area contributed by atoms with Gasteiger partial charge in [0.15, 0.2) is 6.10 Å². The smallest absolute Gasteiger partial charge is 0.306 e. The van der Waals surface area contributed by atoms with Crippen LogP contribution in [0.2, 0.25) is 0 Å². The maximum Gasteiger partial charge on any atom is 0.306 e. The largest absolute Gasteiger partial charge is 0.462 e. The Morgan fingerprint density at radius 3 is 0.914 bits per heavy atom. The van der Waals surface area contributed by atoms with Crippen molar-refractivity contribution in [1.29, 1.82) is 0 Å². The lowest BCUT2D eigenvalue weighted by atomic mass is 10.0. The minimum atomic E-state index is -0.807. The molecule has 0 saturated heterocycles. The van der Waals surface area contributed by atoms with E-state index in [1.54, 1.807) is 0 Å². The average molecular weight is 976 g/mol. The van der Waals surface area contributed by atoms with E-state index < -0.39 is 6.10 Å². The van der Waals surface area contributed by atoms with Crippen LogP contribution < -0.4 is 0 Å². The molecule has 0 rings (SSSR count). The summed E-state index contributed by atoms with van der Waals surface area (Å²) in [7, 11) is 0.